The fourth-order valence-electron chi connectivity index (χ4n) is 2.25. The van der Waals surface area contributed by atoms with E-state index in [9.17, 15) is 0 Å². The zero-order chi connectivity index (χ0) is 15.8. The van der Waals surface area contributed by atoms with Crippen LogP contribution in [-0.2, 0) is 9.31 Å². The zero-order valence-electron chi connectivity index (χ0n) is 13.6. The monoisotopic (exact) mass is 293 g/mol. The van der Waals surface area contributed by atoms with Gasteiger partial charge in [0, 0.05) is 0 Å². The summed E-state index contributed by atoms with van der Waals surface area (Å²) < 4.78 is 22.5. The Morgan fingerprint density at radius 1 is 1.00 bits per heavy atom. The molecule has 0 saturated carbocycles. The van der Waals surface area contributed by atoms with Gasteiger partial charge in [-0.25, -0.2) is 0 Å². The SMILES string of the molecule is COc1ccc([C@@H](N)B2OC(C)(C)C(C)(C)O2)cc1OC. The van der Waals surface area contributed by atoms with Crippen molar-refractivity contribution < 1.29 is 18.8 Å². The van der Waals surface area contributed by atoms with E-state index in [0.29, 0.717) is 11.5 Å². The van der Waals surface area contributed by atoms with Gasteiger partial charge in [0.05, 0.1) is 31.4 Å². The first kappa shape index (κ1) is 16.1. The second-order valence-electron chi connectivity index (χ2n) is 6.26. The lowest BCUT2D eigenvalue weighted by Gasteiger charge is -2.32. The van der Waals surface area contributed by atoms with Crippen LogP contribution in [0.3, 0.4) is 0 Å². The predicted molar refractivity (Wildman–Crippen MR) is 82.6 cm³/mol. The molecular weight excluding hydrogens is 269 g/mol. The van der Waals surface area contributed by atoms with Crippen molar-refractivity contribution in [3.63, 3.8) is 0 Å². The van der Waals surface area contributed by atoms with Gasteiger partial charge in [-0.3, -0.25) is 0 Å². The molecule has 1 saturated heterocycles. The Kier molecular flexibility index (Phi) is 4.24. The van der Waals surface area contributed by atoms with E-state index in [4.69, 9.17) is 24.5 Å². The number of methoxy groups -OCH3 is 2. The summed E-state index contributed by atoms with van der Waals surface area (Å²) in [4.78, 5) is 0. The molecule has 116 valence electrons. The average molecular weight is 293 g/mol. The van der Waals surface area contributed by atoms with Crippen LogP contribution in [0, 0.1) is 0 Å². The quantitative estimate of drug-likeness (QED) is 0.863. The molecule has 0 bridgehead atoms. The van der Waals surface area contributed by atoms with E-state index < -0.39 is 24.3 Å². The maximum absolute atomic E-state index is 6.31. The Bertz CT molecular complexity index is 502. The minimum absolute atomic E-state index is 0.397. The fourth-order valence-corrected chi connectivity index (χ4v) is 2.25. The largest absolute Gasteiger partial charge is 0.493 e. The number of hydrogen-bond donors (Lipinski definition) is 1. The molecular formula is C15H24BNO4. The summed E-state index contributed by atoms with van der Waals surface area (Å²) in [6, 6.07) is 5.59. The Labute approximate surface area is 126 Å². The normalized spacial score (nSPS) is 21.2. The summed E-state index contributed by atoms with van der Waals surface area (Å²) >= 11 is 0. The summed E-state index contributed by atoms with van der Waals surface area (Å²) in [7, 11) is 2.71. The van der Waals surface area contributed by atoms with Crippen molar-refractivity contribution in [2.75, 3.05) is 14.2 Å². The van der Waals surface area contributed by atoms with Gasteiger partial charge in [-0.15, -0.1) is 0 Å². The molecule has 0 aromatic heterocycles. The molecule has 0 radical (unpaired) electrons. The molecule has 2 N–H and O–H groups in total. The van der Waals surface area contributed by atoms with Crippen LogP contribution in [0.5, 0.6) is 11.5 Å². The zero-order valence-corrected chi connectivity index (χ0v) is 13.6. The van der Waals surface area contributed by atoms with Crippen LogP contribution in [0.1, 0.15) is 39.2 Å². The summed E-state index contributed by atoms with van der Waals surface area (Å²) in [5.74, 6) is 0.912. The number of hydrogen-bond acceptors (Lipinski definition) is 5. The fraction of sp³-hybridized carbons (Fsp3) is 0.600. The van der Waals surface area contributed by atoms with Gasteiger partial charge in [-0.05, 0) is 45.4 Å². The number of ether oxygens (including phenoxy) is 2. The van der Waals surface area contributed by atoms with Crippen molar-refractivity contribution >= 4 is 7.12 Å². The molecule has 1 aliphatic rings. The summed E-state index contributed by atoms with van der Waals surface area (Å²) in [6.45, 7) is 8.03. The van der Waals surface area contributed by atoms with Crippen molar-refractivity contribution in [2.45, 2.75) is 44.8 Å². The third kappa shape index (κ3) is 2.88. The van der Waals surface area contributed by atoms with Gasteiger partial charge in [0.1, 0.15) is 0 Å². The maximum Gasteiger partial charge on any atom is 0.480 e. The molecule has 1 aromatic carbocycles. The lowest BCUT2D eigenvalue weighted by Crippen LogP contribution is -2.41. The number of benzene rings is 1. The summed E-state index contributed by atoms with van der Waals surface area (Å²) in [5, 5.41) is 0. The third-order valence-corrected chi connectivity index (χ3v) is 4.36. The average Bonchev–Trinajstić information content (AvgIpc) is 2.65. The number of nitrogens with two attached hydrogens (primary N) is 1. The van der Waals surface area contributed by atoms with Gasteiger partial charge in [-0.2, -0.15) is 0 Å². The standard InChI is InChI=1S/C15H24BNO4/c1-14(2)15(3,4)21-16(20-14)13(17)10-7-8-11(18-5)12(9-10)19-6/h7-9,13H,17H2,1-6H3/t13-/m1/s1. The highest BCUT2D eigenvalue weighted by Crippen LogP contribution is 2.40. The molecule has 21 heavy (non-hydrogen) atoms. The van der Waals surface area contributed by atoms with E-state index in [1.165, 1.54) is 0 Å². The van der Waals surface area contributed by atoms with Crippen molar-refractivity contribution in [2.24, 2.45) is 5.73 Å². The maximum atomic E-state index is 6.31. The van der Waals surface area contributed by atoms with Crippen molar-refractivity contribution in [3.8, 4) is 11.5 Å². The van der Waals surface area contributed by atoms with Crippen LogP contribution in [-0.4, -0.2) is 32.5 Å². The van der Waals surface area contributed by atoms with Crippen LogP contribution in [0.15, 0.2) is 18.2 Å². The summed E-state index contributed by atoms with van der Waals surface area (Å²) in [5.41, 5.74) is 6.40. The molecule has 0 spiro atoms. The van der Waals surface area contributed by atoms with Crippen LogP contribution in [0.2, 0.25) is 0 Å². The van der Waals surface area contributed by atoms with Crippen LogP contribution in [0.25, 0.3) is 0 Å². The van der Waals surface area contributed by atoms with Crippen molar-refractivity contribution in [1.82, 2.24) is 0 Å². The molecule has 1 fully saturated rings. The first-order valence-electron chi connectivity index (χ1n) is 7.05. The second-order valence-corrected chi connectivity index (χ2v) is 6.26. The van der Waals surface area contributed by atoms with E-state index in [2.05, 4.69) is 0 Å². The molecule has 1 aliphatic heterocycles. The first-order valence-corrected chi connectivity index (χ1v) is 7.05. The molecule has 1 heterocycles. The predicted octanol–water partition coefficient (Wildman–Crippen LogP) is 2.33. The lowest BCUT2D eigenvalue weighted by molar-refractivity contribution is 0.00578. The summed E-state index contributed by atoms with van der Waals surface area (Å²) in [6.07, 6.45) is 0. The Balaban J connectivity index is 2.24. The third-order valence-electron chi connectivity index (χ3n) is 4.36. The van der Waals surface area contributed by atoms with E-state index in [-0.39, 0.29) is 0 Å². The van der Waals surface area contributed by atoms with Crippen molar-refractivity contribution in [3.05, 3.63) is 23.8 Å². The van der Waals surface area contributed by atoms with Crippen LogP contribution in [0.4, 0.5) is 0 Å². The number of rotatable bonds is 4. The van der Waals surface area contributed by atoms with Gasteiger partial charge >= 0.3 is 7.12 Å². The van der Waals surface area contributed by atoms with Gasteiger partial charge in [0.2, 0.25) is 0 Å². The molecule has 5 nitrogen and oxygen atoms in total. The minimum Gasteiger partial charge on any atom is -0.493 e. The smallest absolute Gasteiger partial charge is 0.480 e. The van der Waals surface area contributed by atoms with Crippen molar-refractivity contribution in [1.29, 1.82) is 0 Å². The second kappa shape index (κ2) is 5.52. The molecule has 6 heteroatoms. The molecule has 0 unspecified atom stereocenters. The molecule has 1 aromatic rings. The minimum atomic E-state index is -0.492. The van der Waals surface area contributed by atoms with Crippen LogP contribution < -0.4 is 15.2 Å². The van der Waals surface area contributed by atoms with E-state index >= 15 is 0 Å². The van der Waals surface area contributed by atoms with Crippen LogP contribution >= 0.6 is 0 Å². The lowest BCUT2D eigenvalue weighted by atomic mass is 9.75. The highest BCUT2D eigenvalue weighted by Gasteiger charge is 2.53. The molecule has 1 atom stereocenters. The Morgan fingerprint density at radius 3 is 2.00 bits per heavy atom. The molecule has 2 rings (SSSR count). The topological polar surface area (TPSA) is 62.9 Å². The van der Waals surface area contributed by atoms with E-state index in [1.54, 1.807) is 14.2 Å². The van der Waals surface area contributed by atoms with Gasteiger partial charge < -0.3 is 24.5 Å². The molecule has 0 aliphatic carbocycles. The Hall–Kier alpha value is -1.24. The molecule has 0 amide bonds. The van der Waals surface area contributed by atoms with Gasteiger partial charge in [-0.1, -0.05) is 6.07 Å². The van der Waals surface area contributed by atoms with Gasteiger partial charge in [0.25, 0.3) is 0 Å². The highest BCUT2D eigenvalue weighted by atomic mass is 16.7. The van der Waals surface area contributed by atoms with E-state index in [0.717, 1.165) is 5.56 Å². The highest BCUT2D eigenvalue weighted by molar-refractivity contribution is 6.47. The van der Waals surface area contributed by atoms with E-state index in [1.807, 2.05) is 45.9 Å². The first-order chi connectivity index (χ1) is 9.71. The Morgan fingerprint density at radius 2 is 1.52 bits per heavy atom. The van der Waals surface area contributed by atoms with Gasteiger partial charge in [0.15, 0.2) is 11.5 Å².